The van der Waals surface area contributed by atoms with E-state index in [0.29, 0.717) is 0 Å². The van der Waals surface area contributed by atoms with Crippen molar-refractivity contribution in [3.63, 3.8) is 0 Å². The molecular formula is C32H22N4. The van der Waals surface area contributed by atoms with E-state index in [2.05, 4.69) is 101 Å². The maximum Gasteiger partial charge on any atom is 0.146 e. The van der Waals surface area contributed by atoms with Gasteiger partial charge in [0.2, 0.25) is 0 Å². The van der Waals surface area contributed by atoms with Gasteiger partial charge in [-0.2, -0.15) is 0 Å². The first kappa shape index (κ1) is 20.4. The quantitative estimate of drug-likeness (QED) is 0.266. The van der Waals surface area contributed by atoms with Crippen LogP contribution in [0.2, 0.25) is 0 Å². The molecule has 0 fully saturated rings. The number of hydrogen-bond donors (Lipinski definition) is 0. The van der Waals surface area contributed by atoms with Crippen molar-refractivity contribution in [3.05, 3.63) is 121 Å². The summed E-state index contributed by atoms with van der Waals surface area (Å²) in [6.07, 6.45) is 3.79. The van der Waals surface area contributed by atoms with Crippen LogP contribution in [0.5, 0.6) is 0 Å². The van der Waals surface area contributed by atoms with Gasteiger partial charge in [0.25, 0.3) is 0 Å². The van der Waals surface area contributed by atoms with E-state index in [9.17, 15) is 0 Å². The Morgan fingerprint density at radius 2 is 1.39 bits per heavy atom. The highest BCUT2D eigenvalue weighted by Gasteiger charge is 2.18. The number of fused-ring (bicyclic) bond motifs is 6. The predicted molar refractivity (Wildman–Crippen MR) is 150 cm³/mol. The Hall–Kier alpha value is -4.96. The largest absolute Gasteiger partial charge is 0.292 e. The Morgan fingerprint density at radius 3 is 2.19 bits per heavy atom. The highest BCUT2D eigenvalue weighted by Crippen LogP contribution is 2.34. The number of para-hydroxylation sites is 3. The molecule has 0 aliphatic heterocycles. The lowest BCUT2D eigenvalue weighted by molar-refractivity contribution is 1.10. The lowest BCUT2D eigenvalue weighted by atomic mass is 10.0. The number of benzene rings is 4. The van der Waals surface area contributed by atoms with E-state index in [-0.39, 0.29) is 0 Å². The molecule has 7 rings (SSSR count). The van der Waals surface area contributed by atoms with Crippen molar-refractivity contribution < 1.29 is 0 Å². The fraction of sp³-hybridized carbons (Fsp3) is 0. The molecule has 4 aromatic carbocycles. The van der Waals surface area contributed by atoms with E-state index in [1.807, 2.05) is 30.4 Å². The summed E-state index contributed by atoms with van der Waals surface area (Å²) < 4.78 is 4.40. The monoisotopic (exact) mass is 462 g/mol. The molecular weight excluding hydrogens is 440 g/mol. The van der Waals surface area contributed by atoms with Crippen LogP contribution in [0.3, 0.4) is 0 Å². The first-order chi connectivity index (χ1) is 17.8. The van der Waals surface area contributed by atoms with Gasteiger partial charge < -0.3 is 0 Å². The number of imidazole rings is 2. The average Bonchev–Trinajstić information content (AvgIpc) is 3.51. The van der Waals surface area contributed by atoms with Crippen LogP contribution >= 0.6 is 0 Å². The van der Waals surface area contributed by atoms with Gasteiger partial charge in [-0.3, -0.25) is 8.97 Å². The number of pyridine rings is 1. The van der Waals surface area contributed by atoms with E-state index in [1.165, 1.54) is 0 Å². The summed E-state index contributed by atoms with van der Waals surface area (Å²) in [5, 5.41) is 2.21. The van der Waals surface area contributed by atoms with Crippen molar-refractivity contribution in [2.45, 2.75) is 0 Å². The maximum atomic E-state index is 5.11. The molecule has 36 heavy (non-hydrogen) atoms. The summed E-state index contributed by atoms with van der Waals surface area (Å²) in [5.74, 6) is 0.891. The molecule has 7 aromatic rings. The Balaban J connectivity index is 1.55. The fourth-order valence-electron chi connectivity index (χ4n) is 5.29. The van der Waals surface area contributed by atoms with Gasteiger partial charge in [-0.1, -0.05) is 73.8 Å². The molecule has 4 heteroatoms. The van der Waals surface area contributed by atoms with Crippen LogP contribution in [0, 0.1) is 0 Å². The van der Waals surface area contributed by atoms with Crippen LogP contribution in [0.25, 0.3) is 67.7 Å². The molecule has 0 aliphatic carbocycles. The third-order valence-corrected chi connectivity index (χ3v) is 6.86. The zero-order valence-corrected chi connectivity index (χ0v) is 19.6. The minimum Gasteiger partial charge on any atom is -0.292 e. The van der Waals surface area contributed by atoms with E-state index < -0.39 is 0 Å². The molecule has 0 aliphatic rings. The zero-order valence-electron chi connectivity index (χ0n) is 19.6. The molecule has 0 saturated heterocycles. The Kier molecular flexibility index (Phi) is 4.42. The van der Waals surface area contributed by atoms with E-state index in [1.54, 1.807) is 0 Å². The summed E-state index contributed by atoms with van der Waals surface area (Å²) in [7, 11) is 0. The minimum atomic E-state index is 0.891. The van der Waals surface area contributed by atoms with Gasteiger partial charge in [0.15, 0.2) is 0 Å². The first-order valence-electron chi connectivity index (χ1n) is 11.9. The van der Waals surface area contributed by atoms with Crippen molar-refractivity contribution in [2.75, 3.05) is 0 Å². The van der Waals surface area contributed by atoms with Crippen LogP contribution in [-0.4, -0.2) is 18.9 Å². The van der Waals surface area contributed by atoms with Gasteiger partial charge in [-0.15, -0.1) is 0 Å². The molecule has 0 saturated carbocycles. The second kappa shape index (κ2) is 7.79. The third kappa shape index (κ3) is 2.82. The van der Waals surface area contributed by atoms with Crippen LogP contribution < -0.4 is 0 Å². The summed E-state index contributed by atoms with van der Waals surface area (Å²) in [6.45, 7) is 8.19. The van der Waals surface area contributed by atoms with E-state index in [0.717, 1.165) is 66.8 Å². The highest BCUT2D eigenvalue weighted by atomic mass is 15.1. The standard InChI is InChI=1S/C32H22N4/c1-3-23-24-14-8-9-15-25(24)32-34-27-20-21(18-19-30(27)36(32)28(23)4-2)31-33-26-16-10-11-17-29(26)35(31)22-12-6-5-7-13-22/h3-20H,1-2H2. The number of rotatable bonds is 4. The molecule has 0 unspecified atom stereocenters. The SMILES string of the molecule is C=Cc1c(C=C)n2c3ccc(-c4nc5ccccc5n4-c4ccccc4)cc3nc2c2ccccc12. The van der Waals surface area contributed by atoms with E-state index >= 15 is 0 Å². The van der Waals surface area contributed by atoms with Gasteiger partial charge >= 0.3 is 0 Å². The summed E-state index contributed by atoms with van der Waals surface area (Å²) in [6, 6.07) is 33.3. The molecule has 0 N–H and O–H groups in total. The molecule has 0 radical (unpaired) electrons. The van der Waals surface area contributed by atoms with Crippen molar-refractivity contribution in [1.29, 1.82) is 0 Å². The maximum absolute atomic E-state index is 5.11. The van der Waals surface area contributed by atoms with Gasteiger partial charge in [0.1, 0.15) is 11.5 Å². The summed E-state index contributed by atoms with van der Waals surface area (Å²) in [4.78, 5) is 10.1. The Bertz CT molecular complexity index is 1970. The first-order valence-corrected chi connectivity index (χ1v) is 11.9. The smallest absolute Gasteiger partial charge is 0.146 e. The number of aromatic nitrogens is 4. The average molecular weight is 463 g/mol. The summed E-state index contributed by atoms with van der Waals surface area (Å²) >= 11 is 0. The Labute approximate surface area is 208 Å². The zero-order chi connectivity index (χ0) is 24.2. The lowest BCUT2D eigenvalue weighted by Gasteiger charge is -2.12. The van der Waals surface area contributed by atoms with Gasteiger partial charge in [-0.05, 0) is 53.9 Å². The van der Waals surface area contributed by atoms with Gasteiger partial charge in [0.05, 0.1) is 27.8 Å². The molecule has 3 aromatic heterocycles. The molecule has 3 heterocycles. The number of hydrogen-bond acceptors (Lipinski definition) is 2. The van der Waals surface area contributed by atoms with Gasteiger partial charge in [0, 0.05) is 22.2 Å². The van der Waals surface area contributed by atoms with Crippen LogP contribution in [-0.2, 0) is 0 Å². The normalized spacial score (nSPS) is 11.6. The molecule has 0 bridgehead atoms. The van der Waals surface area contributed by atoms with Crippen LogP contribution in [0.15, 0.2) is 110 Å². The van der Waals surface area contributed by atoms with E-state index in [4.69, 9.17) is 9.97 Å². The second-order valence-electron chi connectivity index (χ2n) is 8.82. The molecule has 0 atom stereocenters. The topological polar surface area (TPSA) is 35.1 Å². The lowest BCUT2D eigenvalue weighted by Crippen LogP contribution is -1.98. The minimum absolute atomic E-state index is 0.891. The van der Waals surface area contributed by atoms with Crippen molar-refractivity contribution in [3.8, 4) is 17.1 Å². The van der Waals surface area contributed by atoms with Crippen LogP contribution in [0.4, 0.5) is 0 Å². The fourth-order valence-corrected chi connectivity index (χ4v) is 5.29. The van der Waals surface area contributed by atoms with Gasteiger partial charge in [-0.25, -0.2) is 9.97 Å². The van der Waals surface area contributed by atoms with Crippen molar-refractivity contribution in [1.82, 2.24) is 18.9 Å². The molecule has 4 nitrogen and oxygen atoms in total. The second-order valence-corrected chi connectivity index (χ2v) is 8.82. The third-order valence-electron chi connectivity index (χ3n) is 6.86. The Morgan fingerprint density at radius 1 is 0.639 bits per heavy atom. The summed E-state index contributed by atoms with van der Waals surface area (Å²) in [5.41, 5.74) is 9.02. The van der Waals surface area contributed by atoms with Crippen LogP contribution in [0.1, 0.15) is 11.3 Å². The number of nitrogens with zero attached hydrogens (tertiary/aromatic N) is 4. The predicted octanol–water partition coefficient (Wildman–Crippen LogP) is 7.93. The molecule has 170 valence electrons. The van der Waals surface area contributed by atoms with Crippen molar-refractivity contribution in [2.24, 2.45) is 0 Å². The van der Waals surface area contributed by atoms with Crippen molar-refractivity contribution >= 4 is 50.6 Å². The highest BCUT2D eigenvalue weighted by molar-refractivity contribution is 6.04. The molecule has 0 amide bonds. The molecule has 0 spiro atoms.